The van der Waals surface area contributed by atoms with E-state index in [-0.39, 0.29) is 23.5 Å². The highest BCUT2D eigenvalue weighted by Gasteiger charge is 2.31. The van der Waals surface area contributed by atoms with Crippen LogP contribution in [-0.2, 0) is 15.9 Å². The molecule has 1 aromatic heterocycles. The Bertz CT molecular complexity index is 1040. The summed E-state index contributed by atoms with van der Waals surface area (Å²) < 4.78 is 12.8. The molecule has 6 nitrogen and oxygen atoms in total. The van der Waals surface area contributed by atoms with Crippen LogP contribution in [0.3, 0.4) is 0 Å². The number of carbonyl (C=O) groups is 1. The largest absolute Gasteiger partial charge is 0.465 e. The average molecular weight is 411 g/mol. The normalized spacial score (nSPS) is 20.3. The van der Waals surface area contributed by atoms with Crippen molar-refractivity contribution in [1.82, 2.24) is 4.57 Å². The highest BCUT2D eigenvalue weighted by molar-refractivity contribution is 5.98. The maximum absolute atomic E-state index is 12.7. The smallest absolute Gasteiger partial charge is 0.339 e. The first kappa shape index (κ1) is 20.7. The first-order valence-corrected chi connectivity index (χ1v) is 10.6. The lowest BCUT2D eigenvalue weighted by molar-refractivity contribution is 0.0601. The molecule has 0 saturated carbocycles. The molecular weight excluding hydrogens is 380 g/mol. The summed E-state index contributed by atoms with van der Waals surface area (Å²) in [4.78, 5) is 27.4. The lowest BCUT2D eigenvalue weighted by Crippen LogP contribution is -2.28. The van der Waals surface area contributed by atoms with Gasteiger partial charge in [0.2, 0.25) is 0 Å². The molecule has 2 atom stereocenters. The Morgan fingerprint density at radius 2 is 1.97 bits per heavy atom. The summed E-state index contributed by atoms with van der Waals surface area (Å²) in [5.41, 5.74) is 5.17. The van der Waals surface area contributed by atoms with Crippen LogP contribution >= 0.6 is 0 Å². The maximum atomic E-state index is 12.7. The van der Waals surface area contributed by atoms with E-state index in [0.29, 0.717) is 11.5 Å². The van der Waals surface area contributed by atoms with E-state index >= 15 is 0 Å². The second kappa shape index (κ2) is 7.91. The molecule has 6 heteroatoms. The van der Waals surface area contributed by atoms with Gasteiger partial charge in [0.05, 0.1) is 30.2 Å². The third-order valence-corrected chi connectivity index (χ3v) is 6.55. The molecule has 2 aliphatic rings. The summed E-state index contributed by atoms with van der Waals surface area (Å²) in [5.74, 6) is 0.0489. The Morgan fingerprint density at radius 3 is 2.60 bits per heavy atom. The Kier molecular flexibility index (Phi) is 5.45. The van der Waals surface area contributed by atoms with E-state index in [9.17, 15) is 9.59 Å². The van der Waals surface area contributed by atoms with Crippen molar-refractivity contribution in [2.24, 2.45) is 5.92 Å². The number of anilines is 1. The van der Waals surface area contributed by atoms with Crippen LogP contribution in [0.25, 0.3) is 11.3 Å². The van der Waals surface area contributed by atoms with E-state index in [1.807, 2.05) is 19.2 Å². The van der Waals surface area contributed by atoms with Gasteiger partial charge < -0.3 is 18.9 Å². The Balaban J connectivity index is 1.91. The number of benzene rings is 1. The van der Waals surface area contributed by atoms with Crippen molar-refractivity contribution in [1.29, 1.82) is 0 Å². The average Bonchev–Trinajstić information content (AvgIpc) is 3.21. The number of pyridine rings is 1. The van der Waals surface area contributed by atoms with Gasteiger partial charge in [0.15, 0.2) is 5.43 Å². The molecule has 1 saturated heterocycles. The van der Waals surface area contributed by atoms with E-state index < -0.39 is 0 Å². The molecule has 0 radical (unpaired) electrons. The van der Waals surface area contributed by atoms with Gasteiger partial charge in [-0.05, 0) is 43.4 Å². The zero-order chi connectivity index (χ0) is 21.6. The lowest BCUT2D eigenvalue weighted by atomic mass is 9.86. The van der Waals surface area contributed by atoms with Crippen LogP contribution in [0.15, 0.2) is 29.2 Å². The fourth-order valence-corrected chi connectivity index (χ4v) is 4.74. The minimum atomic E-state index is -0.361. The first-order valence-electron chi connectivity index (χ1n) is 10.6. The molecule has 1 aromatic carbocycles. The fraction of sp³-hybridized carbons (Fsp3) is 0.500. The topological polar surface area (TPSA) is 60.8 Å². The number of hydrogen-bond acceptors (Lipinski definition) is 5. The summed E-state index contributed by atoms with van der Waals surface area (Å²) in [7, 11) is 3.14. The highest BCUT2D eigenvalue weighted by atomic mass is 16.5. The van der Waals surface area contributed by atoms with Crippen LogP contribution in [0.5, 0.6) is 0 Å². The molecule has 1 fully saturated rings. The van der Waals surface area contributed by atoms with Crippen LogP contribution in [0.2, 0.25) is 0 Å². The number of aryl methyl sites for hydroxylation is 1. The predicted molar refractivity (Wildman–Crippen MR) is 117 cm³/mol. The summed E-state index contributed by atoms with van der Waals surface area (Å²) >= 11 is 0. The highest BCUT2D eigenvalue weighted by Crippen LogP contribution is 2.41. The zero-order valence-electron chi connectivity index (χ0n) is 18.4. The monoisotopic (exact) mass is 410 g/mol. The quantitative estimate of drug-likeness (QED) is 0.721. The number of fused-ring (bicyclic) bond motifs is 3. The number of nitrogens with zero attached hydrogens (tertiary/aromatic N) is 2. The Labute approximate surface area is 177 Å². The van der Waals surface area contributed by atoms with Gasteiger partial charge in [-0.15, -0.1) is 0 Å². The molecule has 1 unspecified atom stereocenters. The molecule has 0 bridgehead atoms. The standard InChI is InChI=1S/C24H30N2O4/c1-14(2)20-8-16-9-21(25-7-6-17(13-25)29-4)19(24(28)30-5)10-18(16)22-11-23(27)15(3)12-26(20)22/h9-12,14,17,20H,6-8,13H2,1-5H3/t17-,20?/m0/s1. The van der Waals surface area contributed by atoms with Crippen LogP contribution in [-0.4, -0.2) is 43.9 Å². The molecular formula is C24H30N2O4. The van der Waals surface area contributed by atoms with Crippen molar-refractivity contribution >= 4 is 11.7 Å². The van der Waals surface area contributed by atoms with Gasteiger partial charge >= 0.3 is 5.97 Å². The van der Waals surface area contributed by atoms with Crippen molar-refractivity contribution in [2.45, 2.75) is 45.8 Å². The van der Waals surface area contributed by atoms with E-state index in [2.05, 4.69) is 29.4 Å². The Morgan fingerprint density at radius 1 is 1.20 bits per heavy atom. The minimum Gasteiger partial charge on any atom is -0.465 e. The molecule has 30 heavy (non-hydrogen) atoms. The lowest BCUT2D eigenvalue weighted by Gasteiger charge is -2.34. The zero-order valence-corrected chi connectivity index (χ0v) is 18.4. The van der Waals surface area contributed by atoms with Gasteiger partial charge in [0.25, 0.3) is 0 Å². The van der Waals surface area contributed by atoms with Gasteiger partial charge in [-0.1, -0.05) is 13.8 Å². The maximum Gasteiger partial charge on any atom is 0.339 e. The summed E-state index contributed by atoms with van der Waals surface area (Å²) in [5, 5.41) is 0. The van der Waals surface area contributed by atoms with E-state index in [1.54, 1.807) is 13.2 Å². The third kappa shape index (κ3) is 3.43. The molecule has 4 rings (SSSR count). The van der Waals surface area contributed by atoms with Gasteiger partial charge in [-0.25, -0.2) is 4.79 Å². The molecule has 2 aliphatic heterocycles. The molecule has 160 valence electrons. The number of hydrogen-bond donors (Lipinski definition) is 0. The number of aromatic nitrogens is 1. The van der Waals surface area contributed by atoms with Crippen LogP contribution in [0.4, 0.5) is 5.69 Å². The van der Waals surface area contributed by atoms with Gasteiger partial charge in [-0.2, -0.15) is 0 Å². The second-order valence-electron chi connectivity index (χ2n) is 8.74. The third-order valence-electron chi connectivity index (χ3n) is 6.55. The minimum absolute atomic E-state index is 0.0165. The number of esters is 1. The first-order chi connectivity index (χ1) is 14.3. The van der Waals surface area contributed by atoms with E-state index in [1.165, 1.54) is 12.7 Å². The van der Waals surface area contributed by atoms with Crippen LogP contribution in [0.1, 0.15) is 47.8 Å². The van der Waals surface area contributed by atoms with E-state index in [4.69, 9.17) is 9.47 Å². The molecule has 0 aliphatic carbocycles. The van der Waals surface area contributed by atoms with Crippen molar-refractivity contribution in [3.63, 3.8) is 0 Å². The van der Waals surface area contributed by atoms with Crippen molar-refractivity contribution in [3.05, 3.63) is 51.3 Å². The van der Waals surface area contributed by atoms with Crippen molar-refractivity contribution < 1.29 is 14.3 Å². The number of methoxy groups -OCH3 is 2. The van der Waals surface area contributed by atoms with Gasteiger partial charge in [-0.3, -0.25) is 4.79 Å². The van der Waals surface area contributed by atoms with Crippen LogP contribution < -0.4 is 10.3 Å². The molecule has 3 heterocycles. The molecule has 0 amide bonds. The molecule has 0 spiro atoms. The fourth-order valence-electron chi connectivity index (χ4n) is 4.74. The summed E-state index contributed by atoms with van der Waals surface area (Å²) in [6, 6.07) is 6.01. The van der Waals surface area contributed by atoms with Crippen molar-refractivity contribution in [3.8, 4) is 11.3 Å². The number of rotatable bonds is 4. The Hall–Kier alpha value is -2.60. The van der Waals surface area contributed by atoms with Crippen molar-refractivity contribution in [2.75, 3.05) is 32.2 Å². The van der Waals surface area contributed by atoms with Crippen LogP contribution in [0, 0.1) is 12.8 Å². The number of ether oxygens (including phenoxy) is 2. The van der Waals surface area contributed by atoms with Gasteiger partial charge in [0.1, 0.15) is 0 Å². The van der Waals surface area contributed by atoms with E-state index in [0.717, 1.165) is 48.4 Å². The second-order valence-corrected chi connectivity index (χ2v) is 8.74. The molecule has 0 N–H and O–H groups in total. The predicted octanol–water partition coefficient (Wildman–Crippen LogP) is 3.59. The summed E-state index contributed by atoms with van der Waals surface area (Å²) in [6.07, 6.45) is 3.91. The van der Waals surface area contributed by atoms with Gasteiger partial charge in [0, 0.05) is 49.6 Å². The number of carbonyl (C=O) groups excluding carboxylic acids is 1. The summed E-state index contributed by atoms with van der Waals surface area (Å²) in [6.45, 7) is 7.86. The SMILES string of the molecule is COC(=O)c1cc2c(cc1N1CC[C@H](OC)C1)CC(C(C)C)n1cc(C)c(=O)cc1-2. The molecule has 2 aromatic rings.